The van der Waals surface area contributed by atoms with Crippen LogP contribution in [0, 0.1) is 0 Å². The second kappa shape index (κ2) is 9.11. The Morgan fingerprint density at radius 2 is 1.84 bits per heavy atom. The number of H-pyrrole nitrogens is 1. The van der Waals surface area contributed by atoms with E-state index in [4.69, 9.17) is 4.74 Å². The van der Waals surface area contributed by atoms with Crippen LogP contribution in [0.2, 0.25) is 0 Å². The van der Waals surface area contributed by atoms with Gasteiger partial charge in [0.1, 0.15) is 5.75 Å². The number of aromatic amines is 1. The lowest BCUT2D eigenvalue weighted by Gasteiger charge is -2.33. The van der Waals surface area contributed by atoms with Crippen molar-refractivity contribution in [3.8, 4) is 5.75 Å². The molecule has 1 fully saturated rings. The summed E-state index contributed by atoms with van der Waals surface area (Å²) in [4.78, 5) is 18.5. The molecule has 7 nitrogen and oxygen atoms in total. The van der Waals surface area contributed by atoms with Gasteiger partial charge in [0, 0.05) is 36.7 Å². The molecule has 0 aliphatic carbocycles. The number of carbonyl (C=O) groups excluding carboxylic acids is 1. The van der Waals surface area contributed by atoms with Gasteiger partial charge < -0.3 is 15.0 Å². The largest absolute Gasteiger partial charge is 0.497 e. The summed E-state index contributed by atoms with van der Waals surface area (Å²) in [5, 5.41) is 4.12. The van der Waals surface area contributed by atoms with Crippen molar-refractivity contribution < 1.29 is 17.9 Å². The second-order valence-corrected chi connectivity index (χ2v) is 10.1. The van der Waals surface area contributed by atoms with E-state index < -0.39 is 15.9 Å². The van der Waals surface area contributed by atoms with Crippen molar-refractivity contribution in [3.63, 3.8) is 0 Å². The van der Waals surface area contributed by atoms with Crippen LogP contribution in [0.15, 0.2) is 54.7 Å². The minimum atomic E-state index is -3.02. The van der Waals surface area contributed by atoms with Crippen LogP contribution < -0.4 is 10.1 Å². The molecule has 1 amide bonds. The van der Waals surface area contributed by atoms with E-state index in [1.165, 1.54) is 0 Å². The summed E-state index contributed by atoms with van der Waals surface area (Å²) >= 11 is 0. The number of fused-ring (bicyclic) bond motifs is 1. The Hall–Kier alpha value is -2.84. The van der Waals surface area contributed by atoms with E-state index in [1.807, 2.05) is 59.6 Å². The molecular formula is C23H27N3O4S. The van der Waals surface area contributed by atoms with Crippen molar-refractivity contribution in [3.05, 3.63) is 65.9 Å². The maximum atomic E-state index is 13.2. The van der Waals surface area contributed by atoms with E-state index in [0.29, 0.717) is 26.1 Å². The molecule has 0 bridgehead atoms. The summed E-state index contributed by atoms with van der Waals surface area (Å²) < 4.78 is 29.0. The van der Waals surface area contributed by atoms with Crippen molar-refractivity contribution >= 4 is 26.6 Å². The number of amides is 1. The third-order valence-electron chi connectivity index (χ3n) is 5.84. The van der Waals surface area contributed by atoms with Gasteiger partial charge in [-0.3, -0.25) is 9.69 Å². The van der Waals surface area contributed by atoms with Crippen molar-refractivity contribution in [2.45, 2.75) is 19.0 Å². The first-order valence-electron chi connectivity index (χ1n) is 10.4. The SMILES string of the molecule is COc1ccc(CNC(=O)C(Cc2c[nH]c3ccccc23)N2CCS(=O)(=O)CC2)cc1. The third-order valence-corrected chi connectivity index (χ3v) is 7.45. The van der Waals surface area contributed by atoms with Gasteiger partial charge in [-0.05, 0) is 35.7 Å². The number of hydrogen-bond acceptors (Lipinski definition) is 5. The topological polar surface area (TPSA) is 91.5 Å². The normalized spacial score (nSPS) is 17.3. The molecule has 1 aliphatic heterocycles. The molecule has 0 saturated carbocycles. The van der Waals surface area contributed by atoms with Crippen LogP contribution >= 0.6 is 0 Å². The van der Waals surface area contributed by atoms with Gasteiger partial charge in [-0.2, -0.15) is 0 Å². The van der Waals surface area contributed by atoms with Crippen LogP contribution in [-0.2, 0) is 27.6 Å². The van der Waals surface area contributed by atoms with E-state index in [0.717, 1.165) is 27.8 Å². The fourth-order valence-corrected chi connectivity index (χ4v) is 5.21. The van der Waals surface area contributed by atoms with Gasteiger partial charge >= 0.3 is 0 Å². The minimum Gasteiger partial charge on any atom is -0.497 e. The summed E-state index contributed by atoms with van der Waals surface area (Å²) in [5.41, 5.74) is 3.05. The highest BCUT2D eigenvalue weighted by Gasteiger charge is 2.32. The molecule has 31 heavy (non-hydrogen) atoms. The Morgan fingerprint density at radius 1 is 1.13 bits per heavy atom. The van der Waals surface area contributed by atoms with Gasteiger partial charge in [0.15, 0.2) is 9.84 Å². The van der Waals surface area contributed by atoms with Gasteiger partial charge in [0.05, 0.1) is 24.7 Å². The van der Waals surface area contributed by atoms with E-state index >= 15 is 0 Å². The quantitative estimate of drug-likeness (QED) is 0.586. The van der Waals surface area contributed by atoms with E-state index in [1.54, 1.807) is 7.11 Å². The van der Waals surface area contributed by atoms with Crippen LogP contribution in [-0.4, -0.2) is 62.0 Å². The number of hydrogen-bond donors (Lipinski definition) is 2. The van der Waals surface area contributed by atoms with Crippen molar-refractivity contribution in [2.75, 3.05) is 31.7 Å². The number of sulfone groups is 1. The maximum absolute atomic E-state index is 13.2. The highest BCUT2D eigenvalue weighted by atomic mass is 32.2. The van der Waals surface area contributed by atoms with Crippen LogP contribution in [0.3, 0.4) is 0 Å². The highest BCUT2D eigenvalue weighted by molar-refractivity contribution is 7.91. The summed E-state index contributed by atoms with van der Waals surface area (Å²) in [6, 6.07) is 15.1. The van der Waals surface area contributed by atoms with Crippen molar-refractivity contribution in [1.29, 1.82) is 0 Å². The molecule has 1 aromatic heterocycles. The Morgan fingerprint density at radius 3 is 2.55 bits per heavy atom. The molecule has 1 unspecified atom stereocenters. The lowest BCUT2D eigenvalue weighted by Crippen LogP contribution is -2.53. The monoisotopic (exact) mass is 441 g/mol. The highest BCUT2D eigenvalue weighted by Crippen LogP contribution is 2.22. The number of methoxy groups -OCH3 is 1. The van der Waals surface area contributed by atoms with Gasteiger partial charge in [-0.15, -0.1) is 0 Å². The van der Waals surface area contributed by atoms with Crippen LogP contribution in [0.4, 0.5) is 0 Å². The number of para-hydroxylation sites is 1. The molecule has 2 aromatic carbocycles. The van der Waals surface area contributed by atoms with Gasteiger partial charge in [0.25, 0.3) is 0 Å². The first-order chi connectivity index (χ1) is 14.9. The fraction of sp³-hybridized carbons (Fsp3) is 0.348. The lowest BCUT2D eigenvalue weighted by molar-refractivity contribution is -0.126. The average Bonchev–Trinajstić information content (AvgIpc) is 3.19. The van der Waals surface area contributed by atoms with E-state index in [2.05, 4.69) is 10.3 Å². The van der Waals surface area contributed by atoms with Crippen LogP contribution in [0.25, 0.3) is 10.9 Å². The Balaban J connectivity index is 1.51. The van der Waals surface area contributed by atoms with Crippen molar-refractivity contribution in [2.24, 2.45) is 0 Å². The first kappa shape index (κ1) is 21.4. The molecule has 1 saturated heterocycles. The Bertz CT molecular complexity index is 1140. The van der Waals surface area contributed by atoms with Crippen LogP contribution in [0.1, 0.15) is 11.1 Å². The minimum absolute atomic E-state index is 0.0865. The Kier molecular flexibility index (Phi) is 6.29. The zero-order valence-corrected chi connectivity index (χ0v) is 18.3. The van der Waals surface area contributed by atoms with Gasteiger partial charge in [0.2, 0.25) is 5.91 Å². The molecule has 3 aromatic rings. The van der Waals surface area contributed by atoms with E-state index in [-0.39, 0.29) is 17.4 Å². The lowest BCUT2D eigenvalue weighted by atomic mass is 10.0. The third kappa shape index (κ3) is 5.08. The summed E-state index contributed by atoms with van der Waals surface area (Å²) in [6.45, 7) is 1.13. The summed E-state index contributed by atoms with van der Waals surface area (Å²) in [7, 11) is -1.41. The number of nitrogens with one attached hydrogen (secondary N) is 2. The summed E-state index contributed by atoms with van der Waals surface area (Å²) in [5.74, 6) is 0.842. The molecule has 1 aliphatic rings. The zero-order valence-electron chi connectivity index (χ0n) is 17.5. The zero-order chi connectivity index (χ0) is 21.8. The number of benzene rings is 2. The molecule has 1 atom stereocenters. The number of rotatable bonds is 7. The molecule has 0 spiro atoms. The van der Waals surface area contributed by atoms with Gasteiger partial charge in [-0.1, -0.05) is 30.3 Å². The number of aromatic nitrogens is 1. The fourth-order valence-electron chi connectivity index (χ4n) is 3.99. The molecule has 164 valence electrons. The number of ether oxygens (including phenoxy) is 1. The predicted octanol–water partition coefficient (Wildman–Crippen LogP) is 2.13. The van der Waals surface area contributed by atoms with Gasteiger partial charge in [-0.25, -0.2) is 8.42 Å². The average molecular weight is 442 g/mol. The van der Waals surface area contributed by atoms with Crippen LogP contribution in [0.5, 0.6) is 5.75 Å². The number of nitrogens with zero attached hydrogens (tertiary/aromatic N) is 1. The van der Waals surface area contributed by atoms with E-state index in [9.17, 15) is 13.2 Å². The molecular weight excluding hydrogens is 414 g/mol. The Labute approximate surface area is 182 Å². The molecule has 2 N–H and O–H groups in total. The second-order valence-electron chi connectivity index (χ2n) is 7.83. The predicted molar refractivity (Wildman–Crippen MR) is 121 cm³/mol. The summed E-state index contributed by atoms with van der Waals surface area (Å²) in [6.07, 6.45) is 2.45. The molecule has 0 radical (unpaired) electrons. The maximum Gasteiger partial charge on any atom is 0.237 e. The smallest absolute Gasteiger partial charge is 0.237 e. The molecule has 8 heteroatoms. The molecule has 2 heterocycles. The van der Waals surface area contributed by atoms with Crippen molar-refractivity contribution in [1.82, 2.24) is 15.2 Å². The molecule has 4 rings (SSSR count). The number of carbonyl (C=O) groups is 1. The standard InChI is InChI=1S/C23H27N3O4S/c1-30-19-8-6-17(7-9-19)15-25-23(27)22(26-10-12-31(28,29)13-11-26)14-18-16-24-21-5-3-2-4-20(18)21/h2-9,16,22,24H,10-15H2,1H3,(H,25,27). The first-order valence-corrected chi connectivity index (χ1v) is 12.2.